The lowest BCUT2D eigenvalue weighted by Crippen LogP contribution is -2.51. The number of nitrogens with one attached hydrogen (secondary N) is 2. The summed E-state index contributed by atoms with van der Waals surface area (Å²) in [5.74, 6) is -2.69. The van der Waals surface area contributed by atoms with Crippen LogP contribution in [-0.2, 0) is 28.7 Å². The number of allylic oxidation sites excluding steroid dienone is 1. The smallest absolute Gasteiger partial charge is 0.305 e. The Kier molecular flexibility index (Phi) is 9.20. The van der Waals surface area contributed by atoms with E-state index in [1.54, 1.807) is 13.2 Å². The van der Waals surface area contributed by atoms with Crippen molar-refractivity contribution in [2.75, 3.05) is 26.8 Å². The molecule has 0 radical (unpaired) electrons. The summed E-state index contributed by atoms with van der Waals surface area (Å²) < 4.78 is 5.08. The fourth-order valence-electron chi connectivity index (χ4n) is 3.55. The summed E-state index contributed by atoms with van der Waals surface area (Å²) in [6, 6.07) is -2.00. The fraction of sp³-hybridized carbons (Fsp3) is 0.550. The highest BCUT2D eigenvalue weighted by atomic mass is 35.5. The van der Waals surface area contributed by atoms with Crippen molar-refractivity contribution in [3.63, 3.8) is 0 Å². The molecule has 2 rings (SSSR count). The topological polar surface area (TPSA) is 142 Å². The van der Waals surface area contributed by atoms with Gasteiger partial charge in [-0.2, -0.15) is 0 Å². The number of rotatable bonds is 10. The van der Waals surface area contributed by atoms with Gasteiger partial charge >= 0.3 is 5.97 Å². The van der Waals surface area contributed by atoms with Crippen LogP contribution in [0.1, 0.15) is 25.7 Å². The first-order chi connectivity index (χ1) is 14.8. The van der Waals surface area contributed by atoms with E-state index in [0.29, 0.717) is 43.7 Å². The lowest BCUT2D eigenvalue weighted by molar-refractivity contribution is -0.141. The van der Waals surface area contributed by atoms with Crippen LogP contribution in [-0.4, -0.2) is 78.9 Å². The molecule has 10 nitrogen and oxygen atoms in total. The van der Waals surface area contributed by atoms with Crippen molar-refractivity contribution in [2.45, 2.75) is 37.8 Å². The SMILES string of the molecule is COCC1C=CC(C(=O)NCC(=O)N2CCC[C@H]2C(=O)N[C@H](C=O)CC(=O)O)=C(Cl)C1. The van der Waals surface area contributed by atoms with Gasteiger partial charge in [-0.15, -0.1) is 0 Å². The van der Waals surface area contributed by atoms with Crippen LogP contribution >= 0.6 is 11.6 Å². The summed E-state index contributed by atoms with van der Waals surface area (Å²) in [4.78, 5) is 60.5. The molecule has 11 heteroatoms. The second-order valence-electron chi connectivity index (χ2n) is 7.37. The van der Waals surface area contributed by atoms with E-state index < -0.39 is 42.2 Å². The number of carbonyl (C=O) groups is 5. The molecule has 0 saturated carbocycles. The van der Waals surface area contributed by atoms with Crippen LogP contribution in [0.25, 0.3) is 0 Å². The van der Waals surface area contributed by atoms with E-state index in [-0.39, 0.29) is 18.0 Å². The largest absolute Gasteiger partial charge is 0.481 e. The van der Waals surface area contributed by atoms with Crippen molar-refractivity contribution in [3.8, 4) is 0 Å². The Hall–Kier alpha value is -2.72. The number of nitrogens with zero attached hydrogens (tertiary/aromatic N) is 1. The van der Waals surface area contributed by atoms with E-state index in [4.69, 9.17) is 21.4 Å². The highest BCUT2D eigenvalue weighted by Gasteiger charge is 2.35. The van der Waals surface area contributed by atoms with Gasteiger partial charge in [0.15, 0.2) is 0 Å². The van der Waals surface area contributed by atoms with Gasteiger partial charge in [-0.25, -0.2) is 0 Å². The molecule has 0 bridgehead atoms. The number of likely N-dealkylation sites (tertiary alicyclic amines) is 1. The molecule has 1 unspecified atom stereocenters. The maximum absolute atomic E-state index is 12.6. The standard InChI is InChI=1S/C20H26ClN3O7/c1-31-11-12-4-5-14(15(21)7-12)19(29)22-9-17(26)24-6-2-3-16(24)20(30)23-13(10-25)8-18(27)28/h4-5,10,12-13,16H,2-3,6-9,11H2,1H3,(H,22,29)(H,23,30)(H,27,28)/t12?,13-,16-/m0/s1. The van der Waals surface area contributed by atoms with Gasteiger partial charge in [-0.1, -0.05) is 23.8 Å². The molecule has 1 aliphatic heterocycles. The van der Waals surface area contributed by atoms with Gasteiger partial charge in [-0.3, -0.25) is 19.2 Å². The third-order valence-electron chi connectivity index (χ3n) is 5.06. The molecule has 3 N–H and O–H groups in total. The number of methoxy groups -OCH3 is 1. The maximum Gasteiger partial charge on any atom is 0.305 e. The number of aldehydes is 1. The van der Waals surface area contributed by atoms with Crippen LogP contribution in [0.5, 0.6) is 0 Å². The molecule has 0 aromatic carbocycles. The number of ether oxygens (including phenoxy) is 1. The molecule has 3 amide bonds. The number of amides is 3. The molecule has 1 fully saturated rings. The number of hydrogen-bond donors (Lipinski definition) is 3. The summed E-state index contributed by atoms with van der Waals surface area (Å²) in [7, 11) is 1.58. The van der Waals surface area contributed by atoms with Gasteiger partial charge in [0.25, 0.3) is 5.91 Å². The number of halogens is 1. The predicted molar refractivity (Wildman–Crippen MR) is 110 cm³/mol. The number of carboxylic acid groups (broad SMARTS) is 1. The lowest BCUT2D eigenvalue weighted by atomic mass is 9.96. The van der Waals surface area contributed by atoms with Crippen LogP contribution in [0.2, 0.25) is 0 Å². The van der Waals surface area contributed by atoms with Gasteiger partial charge in [0.05, 0.1) is 31.2 Å². The molecule has 0 aromatic heterocycles. The first kappa shape index (κ1) is 24.5. The van der Waals surface area contributed by atoms with Crippen molar-refractivity contribution >= 4 is 41.6 Å². The lowest BCUT2D eigenvalue weighted by Gasteiger charge is -2.25. The van der Waals surface area contributed by atoms with Crippen molar-refractivity contribution in [1.29, 1.82) is 0 Å². The van der Waals surface area contributed by atoms with E-state index >= 15 is 0 Å². The number of carboxylic acids is 1. The molecule has 31 heavy (non-hydrogen) atoms. The molecular weight excluding hydrogens is 430 g/mol. The highest BCUT2D eigenvalue weighted by molar-refractivity contribution is 6.32. The Morgan fingerprint density at radius 1 is 1.39 bits per heavy atom. The van der Waals surface area contributed by atoms with Crippen molar-refractivity contribution in [2.24, 2.45) is 5.92 Å². The first-order valence-electron chi connectivity index (χ1n) is 9.87. The Morgan fingerprint density at radius 3 is 2.74 bits per heavy atom. The van der Waals surface area contributed by atoms with E-state index in [1.807, 2.05) is 6.08 Å². The zero-order valence-corrected chi connectivity index (χ0v) is 17.9. The number of carbonyl (C=O) groups excluding carboxylic acids is 4. The summed E-state index contributed by atoms with van der Waals surface area (Å²) in [5, 5.41) is 14.0. The number of aliphatic carboxylic acids is 1. The summed E-state index contributed by atoms with van der Waals surface area (Å²) in [6.07, 6.45) is 4.65. The second-order valence-corrected chi connectivity index (χ2v) is 7.83. The van der Waals surface area contributed by atoms with Crippen molar-refractivity contribution in [3.05, 3.63) is 22.8 Å². The fourth-order valence-corrected chi connectivity index (χ4v) is 3.90. The van der Waals surface area contributed by atoms with Crippen molar-refractivity contribution in [1.82, 2.24) is 15.5 Å². The summed E-state index contributed by atoms with van der Waals surface area (Å²) >= 11 is 6.21. The van der Waals surface area contributed by atoms with Crippen LogP contribution in [0, 0.1) is 5.92 Å². The molecule has 1 aliphatic carbocycles. The minimum atomic E-state index is -1.22. The Balaban J connectivity index is 1.91. The zero-order chi connectivity index (χ0) is 23.0. The molecule has 0 spiro atoms. The summed E-state index contributed by atoms with van der Waals surface area (Å²) in [6.45, 7) is 0.479. The van der Waals surface area contributed by atoms with Crippen LogP contribution in [0.15, 0.2) is 22.8 Å². The molecule has 0 aromatic rings. The molecule has 1 heterocycles. The quantitative estimate of drug-likeness (QED) is 0.392. The minimum absolute atomic E-state index is 0.0795. The third-order valence-corrected chi connectivity index (χ3v) is 5.41. The normalized spacial score (nSPS) is 21.5. The average Bonchev–Trinajstić information content (AvgIpc) is 3.21. The van der Waals surface area contributed by atoms with E-state index in [9.17, 15) is 24.0 Å². The molecule has 2 aliphatic rings. The molecule has 1 saturated heterocycles. The van der Waals surface area contributed by atoms with Gasteiger partial charge in [0, 0.05) is 24.6 Å². The second kappa shape index (κ2) is 11.6. The Bertz CT molecular complexity index is 796. The zero-order valence-electron chi connectivity index (χ0n) is 17.1. The van der Waals surface area contributed by atoms with E-state index in [2.05, 4.69) is 10.6 Å². The monoisotopic (exact) mass is 455 g/mol. The Morgan fingerprint density at radius 2 is 2.13 bits per heavy atom. The Labute approximate surface area is 184 Å². The number of hydrogen-bond acceptors (Lipinski definition) is 6. The van der Waals surface area contributed by atoms with Crippen LogP contribution in [0.4, 0.5) is 0 Å². The first-order valence-corrected chi connectivity index (χ1v) is 10.3. The van der Waals surface area contributed by atoms with Crippen LogP contribution in [0.3, 0.4) is 0 Å². The summed E-state index contributed by atoms with van der Waals surface area (Å²) in [5.41, 5.74) is 0.278. The maximum atomic E-state index is 12.6. The van der Waals surface area contributed by atoms with E-state index in [0.717, 1.165) is 0 Å². The molecule has 3 atom stereocenters. The molecular formula is C20H26ClN3O7. The molecule has 170 valence electrons. The highest BCUT2D eigenvalue weighted by Crippen LogP contribution is 2.27. The van der Waals surface area contributed by atoms with Gasteiger partial charge < -0.3 is 30.2 Å². The minimum Gasteiger partial charge on any atom is -0.481 e. The predicted octanol–water partition coefficient (Wildman–Crippen LogP) is -0.0326. The van der Waals surface area contributed by atoms with Crippen LogP contribution < -0.4 is 10.6 Å². The van der Waals surface area contributed by atoms with Gasteiger partial charge in [0.1, 0.15) is 12.3 Å². The average molecular weight is 456 g/mol. The third kappa shape index (κ3) is 6.90. The van der Waals surface area contributed by atoms with Crippen molar-refractivity contribution < 1.29 is 33.8 Å². The van der Waals surface area contributed by atoms with E-state index in [1.165, 1.54) is 4.90 Å². The van der Waals surface area contributed by atoms with Gasteiger partial charge in [-0.05, 0) is 19.3 Å². The van der Waals surface area contributed by atoms with Gasteiger partial charge in [0.2, 0.25) is 11.8 Å².